The second kappa shape index (κ2) is 7.53. The minimum atomic E-state index is -0.162. The van der Waals surface area contributed by atoms with Crippen molar-refractivity contribution in [3.8, 4) is 11.4 Å². The summed E-state index contributed by atoms with van der Waals surface area (Å²) in [6.45, 7) is 2.34. The SMILES string of the molecule is CC1CCC(OCC(=O)Nc2cncc(-c3nncn3C)c2)CC1. The number of nitrogens with zero attached hydrogens (tertiary/aromatic N) is 4. The Hall–Kier alpha value is -2.28. The molecule has 1 aliphatic carbocycles. The maximum atomic E-state index is 12.1. The number of aryl methyl sites for hydroxylation is 1. The molecule has 7 nitrogen and oxygen atoms in total. The second-order valence-electron chi connectivity index (χ2n) is 6.47. The third-order valence-electron chi connectivity index (χ3n) is 4.40. The first-order valence-electron chi connectivity index (χ1n) is 8.32. The molecule has 2 aromatic heterocycles. The molecule has 2 aromatic rings. The van der Waals surface area contributed by atoms with Crippen LogP contribution in [0.1, 0.15) is 32.6 Å². The molecule has 1 amide bonds. The van der Waals surface area contributed by atoms with E-state index < -0.39 is 0 Å². The van der Waals surface area contributed by atoms with Gasteiger partial charge < -0.3 is 14.6 Å². The van der Waals surface area contributed by atoms with Gasteiger partial charge in [0.1, 0.15) is 12.9 Å². The number of carbonyl (C=O) groups excluding carboxylic acids is 1. The molecule has 0 aromatic carbocycles. The quantitative estimate of drug-likeness (QED) is 0.911. The molecule has 0 unspecified atom stereocenters. The van der Waals surface area contributed by atoms with Gasteiger partial charge in [-0.15, -0.1) is 10.2 Å². The van der Waals surface area contributed by atoms with Crippen molar-refractivity contribution in [2.24, 2.45) is 13.0 Å². The molecule has 1 fully saturated rings. The van der Waals surface area contributed by atoms with E-state index in [0.717, 1.165) is 24.3 Å². The Morgan fingerprint density at radius 3 is 2.83 bits per heavy atom. The van der Waals surface area contributed by atoms with Crippen LogP contribution in [0, 0.1) is 5.92 Å². The largest absolute Gasteiger partial charge is 0.368 e. The molecule has 0 aliphatic heterocycles. The van der Waals surface area contributed by atoms with Crippen LogP contribution in [-0.4, -0.2) is 38.4 Å². The van der Waals surface area contributed by atoms with E-state index in [-0.39, 0.29) is 18.6 Å². The number of pyridine rings is 1. The van der Waals surface area contributed by atoms with E-state index in [0.29, 0.717) is 11.5 Å². The van der Waals surface area contributed by atoms with Crippen LogP contribution in [0.25, 0.3) is 11.4 Å². The van der Waals surface area contributed by atoms with Crippen molar-refractivity contribution >= 4 is 11.6 Å². The number of rotatable bonds is 5. The van der Waals surface area contributed by atoms with Gasteiger partial charge in [0.15, 0.2) is 5.82 Å². The molecule has 0 radical (unpaired) electrons. The van der Waals surface area contributed by atoms with Gasteiger partial charge >= 0.3 is 0 Å². The smallest absolute Gasteiger partial charge is 0.250 e. The Bertz CT molecular complexity index is 692. The molecule has 128 valence electrons. The summed E-state index contributed by atoms with van der Waals surface area (Å²) in [4.78, 5) is 16.2. The normalized spacial score (nSPS) is 20.8. The van der Waals surface area contributed by atoms with Crippen molar-refractivity contribution in [1.29, 1.82) is 0 Å². The molecule has 24 heavy (non-hydrogen) atoms. The van der Waals surface area contributed by atoms with Crippen LogP contribution < -0.4 is 5.32 Å². The van der Waals surface area contributed by atoms with E-state index in [4.69, 9.17) is 4.74 Å². The molecule has 0 spiro atoms. The predicted molar refractivity (Wildman–Crippen MR) is 90.2 cm³/mol. The topological polar surface area (TPSA) is 81.9 Å². The fourth-order valence-electron chi connectivity index (χ4n) is 2.96. The highest BCUT2D eigenvalue weighted by Crippen LogP contribution is 2.25. The Kier molecular flexibility index (Phi) is 5.20. The van der Waals surface area contributed by atoms with Gasteiger partial charge in [-0.05, 0) is 37.7 Å². The van der Waals surface area contributed by atoms with E-state index in [1.54, 1.807) is 23.3 Å². The first-order chi connectivity index (χ1) is 11.6. The summed E-state index contributed by atoms with van der Waals surface area (Å²) in [6.07, 6.45) is 9.56. The lowest BCUT2D eigenvalue weighted by Gasteiger charge is -2.25. The summed E-state index contributed by atoms with van der Waals surface area (Å²) in [5, 5.41) is 10.7. The van der Waals surface area contributed by atoms with Gasteiger partial charge in [-0.1, -0.05) is 6.92 Å². The van der Waals surface area contributed by atoms with Gasteiger partial charge in [-0.3, -0.25) is 9.78 Å². The van der Waals surface area contributed by atoms with Crippen molar-refractivity contribution < 1.29 is 9.53 Å². The van der Waals surface area contributed by atoms with Crippen molar-refractivity contribution in [2.75, 3.05) is 11.9 Å². The first kappa shape index (κ1) is 16.6. The van der Waals surface area contributed by atoms with E-state index in [1.165, 1.54) is 12.8 Å². The zero-order valence-corrected chi connectivity index (χ0v) is 14.1. The number of ether oxygens (including phenoxy) is 1. The Labute approximate surface area is 141 Å². The Balaban J connectivity index is 1.54. The average Bonchev–Trinajstić information content (AvgIpc) is 3.01. The lowest BCUT2D eigenvalue weighted by molar-refractivity contribution is -0.123. The molecule has 0 atom stereocenters. The van der Waals surface area contributed by atoms with Crippen molar-refractivity contribution in [3.05, 3.63) is 24.8 Å². The number of hydrogen-bond acceptors (Lipinski definition) is 5. The van der Waals surface area contributed by atoms with Crippen LogP contribution in [0.2, 0.25) is 0 Å². The number of hydrogen-bond donors (Lipinski definition) is 1. The predicted octanol–water partition coefficient (Wildman–Crippen LogP) is 2.41. The van der Waals surface area contributed by atoms with E-state index in [2.05, 4.69) is 27.4 Å². The summed E-state index contributed by atoms with van der Waals surface area (Å²) in [6, 6.07) is 1.83. The van der Waals surface area contributed by atoms with Crippen molar-refractivity contribution in [2.45, 2.75) is 38.7 Å². The Morgan fingerprint density at radius 2 is 2.12 bits per heavy atom. The summed E-state index contributed by atoms with van der Waals surface area (Å²) in [5.41, 5.74) is 1.43. The molecule has 0 bridgehead atoms. The fraction of sp³-hybridized carbons (Fsp3) is 0.529. The highest BCUT2D eigenvalue weighted by Gasteiger charge is 2.19. The van der Waals surface area contributed by atoms with E-state index in [1.807, 2.05) is 13.1 Å². The number of aromatic nitrogens is 4. The monoisotopic (exact) mass is 329 g/mol. The number of carbonyl (C=O) groups is 1. The molecule has 7 heteroatoms. The molecule has 1 N–H and O–H groups in total. The van der Waals surface area contributed by atoms with Gasteiger partial charge in [-0.2, -0.15) is 0 Å². The minimum Gasteiger partial charge on any atom is -0.368 e. The second-order valence-corrected chi connectivity index (χ2v) is 6.47. The number of nitrogens with one attached hydrogen (secondary N) is 1. The third-order valence-corrected chi connectivity index (χ3v) is 4.40. The lowest BCUT2D eigenvalue weighted by Crippen LogP contribution is -2.26. The van der Waals surface area contributed by atoms with Crippen LogP contribution in [0.5, 0.6) is 0 Å². The summed E-state index contributed by atoms with van der Waals surface area (Å²) < 4.78 is 7.53. The molecule has 3 rings (SSSR count). The summed E-state index contributed by atoms with van der Waals surface area (Å²) >= 11 is 0. The van der Waals surface area contributed by atoms with Crippen LogP contribution in [0.4, 0.5) is 5.69 Å². The zero-order chi connectivity index (χ0) is 16.9. The van der Waals surface area contributed by atoms with Crippen molar-refractivity contribution in [1.82, 2.24) is 19.7 Å². The number of anilines is 1. The van der Waals surface area contributed by atoms with Crippen molar-refractivity contribution in [3.63, 3.8) is 0 Å². The molecule has 0 saturated heterocycles. The highest BCUT2D eigenvalue weighted by atomic mass is 16.5. The number of amides is 1. The average molecular weight is 329 g/mol. The maximum absolute atomic E-state index is 12.1. The minimum absolute atomic E-state index is 0.0766. The fourth-order valence-corrected chi connectivity index (χ4v) is 2.96. The van der Waals surface area contributed by atoms with Crippen LogP contribution in [0.3, 0.4) is 0 Å². The third kappa shape index (κ3) is 4.17. The van der Waals surface area contributed by atoms with Gasteiger partial charge in [0.25, 0.3) is 0 Å². The maximum Gasteiger partial charge on any atom is 0.250 e. The summed E-state index contributed by atoms with van der Waals surface area (Å²) in [5.74, 6) is 1.31. The first-order valence-corrected chi connectivity index (χ1v) is 8.32. The zero-order valence-electron chi connectivity index (χ0n) is 14.1. The standard InChI is InChI=1S/C17H23N5O2/c1-12-3-5-15(6-4-12)24-10-16(23)20-14-7-13(8-18-9-14)17-21-19-11-22(17)2/h7-9,11-12,15H,3-6,10H2,1-2H3,(H,20,23). The highest BCUT2D eigenvalue weighted by molar-refractivity contribution is 5.92. The van der Waals surface area contributed by atoms with Crippen LogP contribution >= 0.6 is 0 Å². The van der Waals surface area contributed by atoms with Crippen LogP contribution in [-0.2, 0) is 16.6 Å². The molecule has 2 heterocycles. The van der Waals surface area contributed by atoms with E-state index >= 15 is 0 Å². The molecular formula is C17H23N5O2. The van der Waals surface area contributed by atoms with Gasteiger partial charge in [0.05, 0.1) is 18.0 Å². The van der Waals surface area contributed by atoms with Crippen LogP contribution in [0.15, 0.2) is 24.8 Å². The molecular weight excluding hydrogens is 306 g/mol. The molecule has 1 aliphatic rings. The lowest BCUT2D eigenvalue weighted by atomic mass is 9.89. The summed E-state index contributed by atoms with van der Waals surface area (Å²) in [7, 11) is 1.86. The van der Waals surface area contributed by atoms with Gasteiger partial charge in [0.2, 0.25) is 5.91 Å². The van der Waals surface area contributed by atoms with Gasteiger partial charge in [-0.25, -0.2) is 0 Å². The Morgan fingerprint density at radius 1 is 1.33 bits per heavy atom. The van der Waals surface area contributed by atoms with Gasteiger partial charge in [0, 0.05) is 18.8 Å². The van der Waals surface area contributed by atoms with E-state index in [9.17, 15) is 4.79 Å². The molecule has 1 saturated carbocycles.